The number of nitrogens with one attached hydrogen (secondary N) is 2. The molecule has 3 rings (SSSR count). The largest absolute Gasteiger partial charge is 0.361 e. The summed E-state index contributed by atoms with van der Waals surface area (Å²) in [5.41, 5.74) is 1.49. The van der Waals surface area contributed by atoms with Gasteiger partial charge in [-0.1, -0.05) is 23.7 Å². The fraction of sp³-hybridized carbons (Fsp3) is 0. The maximum Gasteiger partial charge on any atom is 0.256 e. The number of amides is 1. The van der Waals surface area contributed by atoms with E-state index in [1.165, 1.54) is 0 Å². The summed E-state index contributed by atoms with van der Waals surface area (Å²) in [6.07, 6.45) is 1.84. The Morgan fingerprint density at radius 2 is 2.11 bits per heavy atom. The van der Waals surface area contributed by atoms with Crippen LogP contribution in [-0.2, 0) is 0 Å². The normalized spacial score (nSPS) is 10.6. The Hall–Kier alpha value is -2.33. The number of carbonyl (C=O) groups is 1. The summed E-state index contributed by atoms with van der Waals surface area (Å²) in [7, 11) is 0. The van der Waals surface area contributed by atoms with Crippen LogP contribution in [0.1, 0.15) is 10.4 Å². The summed E-state index contributed by atoms with van der Waals surface area (Å²) in [6.45, 7) is 0. The standard InChI is InChI=1S/C14H10ClN3O/c15-12-2-1-3-13(17-12)18-14(19)10-5-4-9-6-7-16-11(9)8-10/h1-8,16H,(H,17,18,19). The molecule has 0 aliphatic heterocycles. The zero-order valence-corrected chi connectivity index (χ0v) is 10.6. The molecule has 0 saturated carbocycles. The van der Waals surface area contributed by atoms with Crippen LogP contribution in [0.5, 0.6) is 0 Å². The third-order valence-electron chi connectivity index (χ3n) is 2.77. The van der Waals surface area contributed by atoms with Gasteiger partial charge in [0, 0.05) is 17.3 Å². The van der Waals surface area contributed by atoms with Gasteiger partial charge in [-0.15, -0.1) is 0 Å². The smallest absolute Gasteiger partial charge is 0.256 e. The van der Waals surface area contributed by atoms with Crippen molar-refractivity contribution in [2.75, 3.05) is 5.32 Å². The predicted molar refractivity (Wildman–Crippen MR) is 75.5 cm³/mol. The predicted octanol–water partition coefficient (Wildman–Crippen LogP) is 3.47. The number of hydrogen-bond acceptors (Lipinski definition) is 2. The highest BCUT2D eigenvalue weighted by molar-refractivity contribution is 6.29. The Bertz CT molecular complexity index is 751. The minimum Gasteiger partial charge on any atom is -0.361 e. The highest BCUT2D eigenvalue weighted by Crippen LogP contribution is 2.16. The molecule has 3 aromatic rings. The van der Waals surface area contributed by atoms with E-state index in [0.29, 0.717) is 16.5 Å². The highest BCUT2D eigenvalue weighted by Gasteiger charge is 2.08. The molecule has 4 nitrogen and oxygen atoms in total. The number of hydrogen-bond donors (Lipinski definition) is 2. The maximum absolute atomic E-state index is 12.1. The topological polar surface area (TPSA) is 57.8 Å². The third-order valence-corrected chi connectivity index (χ3v) is 2.98. The number of benzene rings is 1. The molecule has 1 amide bonds. The van der Waals surface area contributed by atoms with Gasteiger partial charge >= 0.3 is 0 Å². The minimum absolute atomic E-state index is 0.216. The van der Waals surface area contributed by atoms with Crippen molar-refractivity contribution in [2.45, 2.75) is 0 Å². The Kier molecular flexibility index (Phi) is 2.93. The number of aromatic nitrogens is 2. The molecule has 0 atom stereocenters. The third kappa shape index (κ3) is 2.44. The van der Waals surface area contributed by atoms with Crippen LogP contribution in [0.25, 0.3) is 10.9 Å². The molecule has 19 heavy (non-hydrogen) atoms. The number of pyridine rings is 1. The van der Waals surface area contributed by atoms with Crippen LogP contribution < -0.4 is 5.32 Å². The van der Waals surface area contributed by atoms with Crippen LogP contribution in [0.3, 0.4) is 0 Å². The van der Waals surface area contributed by atoms with Crippen molar-refractivity contribution in [3.8, 4) is 0 Å². The lowest BCUT2D eigenvalue weighted by molar-refractivity contribution is 0.102. The zero-order valence-electron chi connectivity index (χ0n) is 9.85. The lowest BCUT2D eigenvalue weighted by Crippen LogP contribution is -2.12. The number of anilines is 1. The second-order valence-corrected chi connectivity index (χ2v) is 4.47. The zero-order chi connectivity index (χ0) is 13.2. The van der Waals surface area contributed by atoms with E-state index in [4.69, 9.17) is 11.6 Å². The van der Waals surface area contributed by atoms with Crippen molar-refractivity contribution in [3.63, 3.8) is 0 Å². The molecule has 2 heterocycles. The molecule has 0 fully saturated rings. The lowest BCUT2D eigenvalue weighted by Gasteiger charge is -2.04. The van der Waals surface area contributed by atoms with E-state index in [2.05, 4.69) is 15.3 Å². The number of nitrogens with zero attached hydrogens (tertiary/aromatic N) is 1. The Morgan fingerprint density at radius 1 is 1.21 bits per heavy atom. The molecular weight excluding hydrogens is 262 g/mol. The highest BCUT2D eigenvalue weighted by atomic mass is 35.5. The van der Waals surface area contributed by atoms with Crippen molar-refractivity contribution in [2.24, 2.45) is 0 Å². The first-order valence-electron chi connectivity index (χ1n) is 5.73. The number of carbonyl (C=O) groups excluding carboxylic acids is 1. The summed E-state index contributed by atoms with van der Waals surface area (Å²) in [6, 6.07) is 12.5. The van der Waals surface area contributed by atoms with E-state index in [0.717, 1.165) is 10.9 Å². The van der Waals surface area contributed by atoms with Crippen molar-refractivity contribution in [1.82, 2.24) is 9.97 Å². The second-order valence-electron chi connectivity index (χ2n) is 4.08. The molecular formula is C14H10ClN3O. The van der Waals surface area contributed by atoms with Gasteiger partial charge in [0.05, 0.1) is 0 Å². The molecule has 0 aliphatic rings. The van der Waals surface area contributed by atoms with Gasteiger partial charge in [0.25, 0.3) is 5.91 Å². The first-order valence-corrected chi connectivity index (χ1v) is 6.11. The van der Waals surface area contributed by atoms with Crippen LogP contribution >= 0.6 is 11.6 Å². The fourth-order valence-electron chi connectivity index (χ4n) is 1.86. The van der Waals surface area contributed by atoms with Crippen molar-refractivity contribution in [1.29, 1.82) is 0 Å². The van der Waals surface area contributed by atoms with Crippen LogP contribution in [-0.4, -0.2) is 15.9 Å². The molecule has 0 saturated heterocycles. The lowest BCUT2D eigenvalue weighted by atomic mass is 10.1. The van der Waals surface area contributed by atoms with Crippen molar-refractivity contribution >= 4 is 34.2 Å². The molecule has 0 aliphatic carbocycles. The summed E-state index contributed by atoms with van der Waals surface area (Å²) >= 11 is 5.77. The molecule has 0 bridgehead atoms. The van der Waals surface area contributed by atoms with E-state index >= 15 is 0 Å². The first kappa shape index (κ1) is 11.7. The number of H-pyrrole nitrogens is 1. The molecule has 2 aromatic heterocycles. The van der Waals surface area contributed by atoms with Crippen molar-refractivity contribution in [3.05, 3.63) is 59.4 Å². The van der Waals surface area contributed by atoms with Gasteiger partial charge < -0.3 is 10.3 Å². The number of fused-ring (bicyclic) bond motifs is 1. The van der Waals surface area contributed by atoms with Gasteiger partial charge in [0.2, 0.25) is 0 Å². The van der Waals surface area contributed by atoms with E-state index in [-0.39, 0.29) is 5.91 Å². The number of rotatable bonds is 2. The van der Waals surface area contributed by atoms with Gasteiger partial charge in [-0.25, -0.2) is 4.98 Å². The molecule has 2 N–H and O–H groups in total. The van der Waals surface area contributed by atoms with E-state index in [9.17, 15) is 4.79 Å². The van der Waals surface area contributed by atoms with Gasteiger partial charge in [-0.2, -0.15) is 0 Å². The SMILES string of the molecule is O=C(Nc1cccc(Cl)n1)c1ccc2cc[nH]c2c1. The Morgan fingerprint density at radius 3 is 2.95 bits per heavy atom. The number of aromatic amines is 1. The summed E-state index contributed by atoms with van der Waals surface area (Å²) < 4.78 is 0. The molecule has 1 aromatic carbocycles. The van der Waals surface area contributed by atoms with Gasteiger partial charge in [0.1, 0.15) is 11.0 Å². The summed E-state index contributed by atoms with van der Waals surface area (Å²) in [5, 5.41) is 4.12. The van der Waals surface area contributed by atoms with Crippen LogP contribution in [0, 0.1) is 0 Å². The molecule has 0 radical (unpaired) electrons. The second kappa shape index (κ2) is 4.74. The van der Waals surface area contributed by atoms with E-state index in [1.54, 1.807) is 30.3 Å². The summed E-state index contributed by atoms with van der Waals surface area (Å²) in [5.74, 6) is 0.218. The molecule has 0 spiro atoms. The fourth-order valence-corrected chi connectivity index (χ4v) is 2.02. The van der Waals surface area contributed by atoms with Crippen LogP contribution in [0.4, 0.5) is 5.82 Å². The van der Waals surface area contributed by atoms with Crippen LogP contribution in [0.15, 0.2) is 48.7 Å². The molecule has 0 unspecified atom stereocenters. The monoisotopic (exact) mass is 271 g/mol. The average Bonchev–Trinajstić information content (AvgIpc) is 2.85. The van der Waals surface area contributed by atoms with Gasteiger partial charge in [0.15, 0.2) is 0 Å². The minimum atomic E-state index is -0.216. The average molecular weight is 272 g/mol. The van der Waals surface area contributed by atoms with Gasteiger partial charge in [-0.05, 0) is 35.7 Å². The van der Waals surface area contributed by atoms with Gasteiger partial charge in [-0.3, -0.25) is 4.79 Å². The number of halogens is 1. The molecule has 5 heteroatoms. The quantitative estimate of drug-likeness (QED) is 0.701. The first-order chi connectivity index (χ1) is 9.22. The molecule has 94 valence electrons. The van der Waals surface area contributed by atoms with Crippen LogP contribution in [0.2, 0.25) is 5.15 Å². The Balaban J connectivity index is 1.87. The van der Waals surface area contributed by atoms with E-state index in [1.807, 2.05) is 18.3 Å². The summed E-state index contributed by atoms with van der Waals surface area (Å²) in [4.78, 5) is 19.2. The van der Waals surface area contributed by atoms with Crippen molar-refractivity contribution < 1.29 is 4.79 Å². The van der Waals surface area contributed by atoms with E-state index < -0.39 is 0 Å². The Labute approximate surface area is 114 Å². The maximum atomic E-state index is 12.1.